The minimum atomic E-state index is -0.702. The van der Waals surface area contributed by atoms with E-state index < -0.39 is 5.97 Å². The van der Waals surface area contributed by atoms with Crippen LogP contribution in [0.4, 0.5) is 5.69 Å². The Morgan fingerprint density at radius 1 is 0.848 bits per heavy atom. The number of fused-ring (bicyclic) bond motifs is 1. The molecule has 1 aromatic carbocycles. The van der Waals surface area contributed by atoms with Gasteiger partial charge in [0.25, 0.3) is 0 Å². The Bertz CT molecular complexity index is 640. The molecule has 2 rings (SSSR count). The number of unbranched alkanes of at least 4 members (excludes halogenated alkanes) is 15. The van der Waals surface area contributed by atoms with Crippen molar-refractivity contribution in [1.82, 2.24) is 0 Å². The van der Waals surface area contributed by atoms with Gasteiger partial charge in [-0.2, -0.15) is 0 Å². The number of thioether (sulfide) groups is 2. The van der Waals surface area contributed by atoms with Gasteiger partial charge in [0, 0.05) is 17.2 Å². The molecule has 1 N–H and O–H groups in total. The van der Waals surface area contributed by atoms with Crippen molar-refractivity contribution in [3.63, 3.8) is 0 Å². The van der Waals surface area contributed by atoms with Crippen molar-refractivity contribution in [2.75, 3.05) is 17.2 Å². The largest absolute Gasteiger partial charge is 0.481 e. The number of carboxylic acid groups (broad SMARTS) is 1. The Labute approximate surface area is 211 Å². The van der Waals surface area contributed by atoms with Gasteiger partial charge in [0.15, 0.2) is 0 Å². The first-order valence-corrected chi connectivity index (χ1v) is 15.5. The van der Waals surface area contributed by atoms with Crippen molar-refractivity contribution in [2.24, 2.45) is 0 Å². The van der Waals surface area contributed by atoms with Gasteiger partial charge in [-0.25, -0.2) is 0 Å². The fourth-order valence-corrected chi connectivity index (χ4v) is 7.30. The predicted molar refractivity (Wildman–Crippen MR) is 148 cm³/mol. The van der Waals surface area contributed by atoms with Crippen LogP contribution in [-0.2, 0) is 4.79 Å². The molecule has 0 aromatic heterocycles. The maximum atomic E-state index is 10.9. The minimum Gasteiger partial charge on any atom is -0.481 e. The molecule has 0 amide bonds. The molecule has 0 radical (unpaired) electrons. The monoisotopic (exact) mass is 493 g/mol. The van der Waals surface area contributed by atoms with Crippen LogP contribution in [0, 0.1) is 0 Å². The van der Waals surface area contributed by atoms with E-state index in [0.717, 1.165) is 6.54 Å². The van der Waals surface area contributed by atoms with Gasteiger partial charge in [0.1, 0.15) is 4.71 Å². The lowest BCUT2D eigenvalue weighted by molar-refractivity contribution is -0.136. The molecule has 1 heterocycles. The van der Waals surface area contributed by atoms with Gasteiger partial charge >= 0.3 is 5.97 Å². The number of hydrogen-bond donors (Lipinski definition) is 1. The van der Waals surface area contributed by atoms with Gasteiger partial charge in [0.2, 0.25) is 0 Å². The third-order valence-electron chi connectivity index (χ3n) is 6.49. The molecule has 0 saturated heterocycles. The number of rotatable bonds is 21. The molecule has 0 bridgehead atoms. The Hall–Kier alpha value is -0.810. The molecule has 3 nitrogen and oxygen atoms in total. The van der Waals surface area contributed by atoms with E-state index in [4.69, 9.17) is 5.11 Å². The normalized spacial score (nSPS) is 15.2. The smallest absolute Gasteiger partial charge is 0.304 e. The van der Waals surface area contributed by atoms with Crippen molar-refractivity contribution in [1.29, 1.82) is 0 Å². The predicted octanol–water partition coefficient (Wildman–Crippen LogP) is 9.35. The average molecular weight is 494 g/mol. The number of nitrogens with zero attached hydrogens (tertiary/aromatic N) is 1. The lowest BCUT2D eigenvalue weighted by Gasteiger charge is -2.26. The van der Waals surface area contributed by atoms with Crippen LogP contribution in [0.2, 0.25) is 0 Å². The van der Waals surface area contributed by atoms with E-state index in [1.54, 1.807) is 11.8 Å². The van der Waals surface area contributed by atoms with Gasteiger partial charge in [-0.1, -0.05) is 127 Å². The Morgan fingerprint density at radius 3 is 1.91 bits per heavy atom. The lowest BCUT2D eigenvalue weighted by atomic mass is 10.0. The molecule has 188 valence electrons. The average Bonchev–Trinajstić information content (AvgIpc) is 3.16. The second kappa shape index (κ2) is 18.5. The second-order valence-electron chi connectivity index (χ2n) is 9.40. The van der Waals surface area contributed by atoms with Crippen molar-refractivity contribution < 1.29 is 9.90 Å². The number of hydrogen-bond acceptors (Lipinski definition) is 4. The molecule has 0 aliphatic carbocycles. The summed E-state index contributed by atoms with van der Waals surface area (Å²) < 4.78 is 0.318. The van der Waals surface area contributed by atoms with Crippen molar-refractivity contribution in [3.8, 4) is 0 Å². The summed E-state index contributed by atoms with van der Waals surface area (Å²) in [6.07, 6.45) is 22.6. The third kappa shape index (κ3) is 12.5. The quantitative estimate of drug-likeness (QED) is 0.173. The summed E-state index contributed by atoms with van der Waals surface area (Å²) in [5.74, 6) is -0.0245. The summed E-state index contributed by atoms with van der Waals surface area (Å²) in [5.41, 5.74) is 1.33. The molecule has 0 saturated carbocycles. The standard InChI is InChI=1S/C28H47NO2S2/c1-2-3-4-5-6-7-8-9-10-11-12-13-14-15-16-19-23-29-25-20-17-18-21-26(25)33-28(29)32-24-22-27(30)31/h17-18,20-21,28H,2-16,19,22-24H2,1H3,(H,30,31). The summed E-state index contributed by atoms with van der Waals surface area (Å²) in [6, 6.07) is 8.62. The highest BCUT2D eigenvalue weighted by Crippen LogP contribution is 2.47. The Balaban J connectivity index is 1.47. The minimum absolute atomic E-state index is 0.241. The number of carbonyl (C=O) groups is 1. The van der Waals surface area contributed by atoms with Crippen LogP contribution in [0.15, 0.2) is 29.2 Å². The van der Waals surface area contributed by atoms with Crippen LogP contribution in [0.3, 0.4) is 0 Å². The SMILES string of the molecule is CCCCCCCCCCCCCCCCCCN1c2ccccc2SC1SCCC(=O)O. The van der Waals surface area contributed by atoms with Crippen LogP contribution >= 0.6 is 23.5 Å². The van der Waals surface area contributed by atoms with E-state index in [-0.39, 0.29) is 6.42 Å². The van der Waals surface area contributed by atoms with E-state index in [1.807, 2.05) is 11.8 Å². The highest BCUT2D eigenvalue weighted by Gasteiger charge is 2.29. The van der Waals surface area contributed by atoms with Crippen LogP contribution < -0.4 is 4.90 Å². The van der Waals surface area contributed by atoms with Gasteiger partial charge in [0.05, 0.1) is 12.1 Å². The summed E-state index contributed by atoms with van der Waals surface area (Å²) in [6.45, 7) is 3.36. The molecule has 5 heteroatoms. The van der Waals surface area contributed by atoms with Crippen LogP contribution in [0.1, 0.15) is 116 Å². The van der Waals surface area contributed by atoms with Crippen molar-refractivity contribution in [3.05, 3.63) is 24.3 Å². The number of aliphatic carboxylic acids is 1. The number of para-hydroxylation sites is 1. The Kier molecular flexibility index (Phi) is 15.9. The number of anilines is 1. The molecular weight excluding hydrogens is 446 g/mol. The van der Waals surface area contributed by atoms with E-state index in [0.29, 0.717) is 10.5 Å². The summed E-state index contributed by atoms with van der Waals surface area (Å²) >= 11 is 3.65. The lowest BCUT2D eigenvalue weighted by Crippen LogP contribution is -2.28. The van der Waals surface area contributed by atoms with Crippen LogP contribution in [-0.4, -0.2) is 28.1 Å². The molecular formula is C28H47NO2S2. The fraction of sp³-hybridized carbons (Fsp3) is 0.750. The fourth-order valence-electron chi connectivity index (χ4n) is 4.51. The number of benzene rings is 1. The molecule has 1 aliphatic rings. The molecule has 33 heavy (non-hydrogen) atoms. The first-order chi connectivity index (χ1) is 16.2. The Morgan fingerprint density at radius 2 is 1.36 bits per heavy atom. The summed E-state index contributed by atoms with van der Waals surface area (Å²) in [4.78, 5) is 14.7. The highest BCUT2D eigenvalue weighted by atomic mass is 32.2. The molecule has 0 fully saturated rings. The molecule has 1 aromatic rings. The second-order valence-corrected chi connectivity index (χ2v) is 12.0. The summed E-state index contributed by atoms with van der Waals surface area (Å²) in [7, 11) is 0. The molecule has 0 spiro atoms. The van der Waals surface area contributed by atoms with Gasteiger partial charge in [-0.05, 0) is 18.6 Å². The highest BCUT2D eigenvalue weighted by molar-refractivity contribution is 8.17. The van der Waals surface area contributed by atoms with E-state index in [2.05, 4.69) is 36.1 Å². The van der Waals surface area contributed by atoms with Crippen molar-refractivity contribution in [2.45, 2.75) is 126 Å². The van der Waals surface area contributed by atoms with E-state index >= 15 is 0 Å². The van der Waals surface area contributed by atoms with Gasteiger partial charge < -0.3 is 10.0 Å². The number of carboxylic acids is 1. The first kappa shape index (κ1) is 28.4. The molecule has 1 atom stereocenters. The summed E-state index contributed by atoms with van der Waals surface area (Å²) in [5, 5.41) is 8.95. The van der Waals surface area contributed by atoms with Crippen molar-refractivity contribution >= 4 is 35.2 Å². The van der Waals surface area contributed by atoms with E-state index in [9.17, 15) is 4.79 Å². The van der Waals surface area contributed by atoms with Gasteiger partial charge in [-0.15, -0.1) is 11.8 Å². The first-order valence-electron chi connectivity index (χ1n) is 13.6. The third-order valence-corrected chi connectivity index (χ3v) is 9.22. The van der Waals surface area contributed by atoms with E-state index in [1.165, 1.54) is 113 Å². The van der Waals surface area contributed by atoms with Crippen LogP contribution in [0.25, 0.3) is 0 Å². The molecule has 1 aliphatic heterocycles. The molecule has 1 unspecified atom stereocenters. The maximum absolute atomic E-state index is 10.9. The van der Waals surface area contributed by atoms with Crippen LogP contribution in [0.5, 0.6) is 0 Å². The zero-order valence-electron chi connectivity index (χ0n) is 20.9. The topological polar surface area (TPSA) is 40.5 Å². The zero-order chi connectivity index (χ0) is 23.6. The maximum Gasteiger partial charge on any atom is 0.304 e. The zero-order valence-corrected chi connectivity index (χ0v) is 22.6. The van der Waals surface area contributed by atoms with Gasteiger partial charge in [-0.3, -0.25) is 4.79 Å².